The summed E-state index contributed by atoms with van der Waals surface area (Å²) in [5.41, 5.74) is 5.93. The molecule has 3 aromatic heterocycles. The molecule has 8 rings (SSSR count). The number of imidazole rings is 2. The van der Waals surface area contributed by atoms with E-state index >= 15 is 0 Å². The minimum atomic E-state index is -0.710. The van der Waals surface area contributed by atoms with Crippen LogP contribution in [0.5, 0.6) is 5.75 Å². The summed E-state index contributed by atoms with van der Waals surface area (Å²) in [7, 11) is 2.57. The Hall–Kier alpha value is -6.32. The van der Waals surface area contributed by atoms with Crippen LogP contribution in [0.3, 0.4) is 0 Å². The lowest BCUT2D eigenvalue weighted by Gasteiger charge is -2.30. The van der Waals surface area contributed by atoms with Crippen LogP contribution in [0.15, 0.2) is 53.2 Å². The maximum absolute atomic E-state index is 13.6. The maximum Gasteiger partial charge on any atom is 0.407 e. The molecule has 2 fully saturated rings. The molecule has 4 N–H and O–H groups in total. The highest BCUT2D eigenvalue weighted by atomic mass is 16.5. The molecule has 4 atom stereocenters. The van der Waals surface area contributed by atoms with Crippen LogP contribution >= 0.6 is 0 Å². The fourth-order valence-corrected chi connectivity index (χ4v) is 8.51. The first-order chi connectivity index (χ1) is 28.4. The van der Waals surface area contributed by atoms with E-state index in [1.165, 1.54) is 14.2 Å². The Labute approximate surface area is 341 Å². The minimum absolute atomic E-state index is 0.123. The van der Waals surface area contributed by atoms with E-state index in [1.54, 1.807) is 22.2 Å². The molecule has 2 aromatic carbocycles. The zero-order valence-electron chi connectivity index (χ0n) is 34.1. The van der Waals surface area contributed by atoms with Crippen LogP contribution in [0.4, 0.5) is 9.59 Å². The summed E-state index contributed by atoms with van der Waals surface area (Å²) in [4.78, 5) is 71.2. The van der Waals surface area contributed by atoms with Crippen molar-refractivity contribution in [1.82, 2.24) is 40.4 Å². The minimum Gasteiger partial charge on any atom is -0.488 e. The average Bonchev–Trinajstić information content (AvgIpc) is 4.09. The molecule has 0 saturated carbocycles. The van der Waals surface area contributed by atoms with Gasteiger partial charge in [-0.1, -0.05) is 33.8 Å². The quantitative estimate of drug-likeness (QED) is 0.116. The van der Waals surface area contributed by atoms with Crippen molar-refractivity contribution in [2.45, 2.75) is 84.2 Å². The zero-order valence-corrected chi connectivity index (χ0v) is 34.1. The van der Waals surface area contributed by atoms with Gasteiger partial charge in [0.15, 0.2) is 0 Å². The number of aromatic amines is 2. The van der Waals surface area contributed by atoms with E-state index < -0.39 is 24.3 Å². The molecule has 16 heteroatoms. The summed E-state index contributed by atoms with van der Waals surface area (Å²) >= 11 is 0. The van der Waals surface area contributed by atoms with Gasteiger partial charge in [-0.25, -0.2) is 19.6 Å². The van der Waals surface area contributed by atoms with Gasteiger partial charge < -0.3 is 49.0 Å². The fraction of sp³-hybridized carbons (Fsp3) is 0.442. The molecule has 0 bridgehead atoms. The van der Waals surface area contributed by atoms with Crippen LogP contribution in [-0.2, 0) is 25.7 Å². The molecule has 310 valence electrons. The molecule has 0 spiro atoms. The summed E-state index contributed by atoms with van der Waals surface area (Å²) in [6.07, 6.45) is 5.45. The molecule has 6 heterocycles. The maximum atomic E-state index is 13.6. The van der Waals surface area contributed by atoms with Crippen LogP contribution in [0.1, 0.15) is 82.7 Å². The highest BCUT2D eigenvalue weighted by molar-refractivity contribution is 5.93. The van der Waals surface area contributed by atoms with E-state index in [-0.39, 0.29) is 35.7 Å². The number of alkyl carbamates (subject to hydrolysis) is 2. The lowest BCUT2D eigenvalue weighted by molar-refractivity contribution is -0.136. The largest absolute Gasteiger partial charge is 0.488 e. The third-order valence-corrected chi connectivity index (χ3v) is 11.7. The number of fused-ring (bicyclic) bond motifs is 5. The normalized spacial score (nSPS) is 18.4. The van der Waals surface area contributed by atoms with Crippen molar-refractivity contribution in [1.29, 1.82) is 0 Å². The van der Waals surface area contributed by atoms with E-state index in [0.717, 1.165) is 76.1 Å². The molecule has 59 heavy (non-hydrogen) atoms. The van der Waals surface area contributed by atoms with E-state index in [4.69, 9.17) is 28.6 Å². The number of ether oxygens (including phenoxy) is 3. The predicted octanol–water partition coefficient (Wildman–Crippen LogP) is 6.86. The number of hydrogen-bond donors (Lipinski definition) is 4. The zero-order chi connectivity index (χ0) is 41.5. The Kier molecular flexibility index (Phi) is 10.8. The SMILES string of the molecule is COC(=O)NC(C(=O)N1CCC[C@H]1c1ncc(-c2ccc3oc4c(c3c2)COc2cc(-c3cnc([C@@H]5CCCN5C(=O)[C@@H](NC(=O)OC)C(C)C)[nH]3)ccc2-4)[nH]1)C(C)C. The van der Waals surface area contributed by atoms with Crippen LogP contribution in [0, 0.1) is 11.8 Å². The Morgan fingerprint density at radius 3 is 1.81 bits per heavy atom. The first kappa shape index (κ1) is 39.5. The number of aromatic nitrogens is 4. The van der Waals surface area contributed by atoms with Crippen molar-refractivity contribution < 1.29 is 37.8 Å². The second-order valence-electron chi connectivity index (χ2n) is 16.1. The van der Waals surface area contributed by atoms with Crippen molar-refractivity contribution in [3.05, 3.63) is 66.0 Å². The summed E-state index contributed by atoms with van der Waals surface area (Å²) in [5.74, 6) is 2.26. The van der Waals surface area contributed by atoms with Crippen LogP contribution in [-0.4, -0.2) is 93.1 Å². The molecule has 16 nitrogen and oxygen atoms in total. The van der Waals surface area contributed by atoms with Gasteiger partial charge in [0.05, 0.1) is 55.6 Å². The summed E-state index contributed by atoms with van der Waals surface area (Å²) < 4.78 is 22.3. The number of rotatable bonds is 10. The second-order valence-corrected chi connectivity index (χ2v) is 16.1. The summed E-state index contributed by atoms with van der Waals surface area (Å²) in [5, 5.41) is 6.33. The van der Waals surface area contributed by atoms with Crippen LogP contribution < -0.4 is 15.4 Å². The summed E-state index contributed by atoms with van der Waals surface area (Å²) in [6.45, 7) is 9.04. The first-order valence-corrected chi connectivity index (χ1v) is 20.2. The number of likely N-dealkylation sites (tertiary alicyclic amines) is 2. The topological polar surface area (TPSA) is 197 Å². The predicted molar refractivity (Wildman–Crippen MR) is 217 cm³/mol. The van der Waals surface area contributed by atoms with Gasteiger partial charge in [-0.05, 0) is 67.9 Å². The third kappa shape index (κ3) is 7.47. The number of methoxy groups -OCH3 is 2. The number of hydrogen-bond acceptors (Lipinski definition) is 10. The molecule has 3 aliphatic rings. The van der Waals surface area contributed by atoms with Crippen molar-refractivity contribution in [2.75, 3.05) is 27.3 Å². The van der Waals surface area contributed by atoms with Crippen LogP contribution in [0.25, 0.3) is 44.8 Å². The van der Waals surface area contributed by atoms with E-state index in [9.17, 15) is 19.2 Å². The highest BCUT2D eigenvalue weighted by Crippen LogP contribution is 2.45. The third-order valence-electron chi connectivity index (χ3n) is 11.7. The smallest absolute Gasteiger partial charge is 0.407 e. The van der Waals surface area contributed by atoms with Gasteiger partial charge in [0.2, 0.25) is 11.8 Å². The molecule has 4 amide bonds. The first-order valence-electron chi connectivity index (χ1n) is 20.2. The van der Waals surface area contributed by atoms with Crippen LogP contribution in [0.2, 0.25) is 0 Å². The molecular weight excluding hydrogens is 757 g/mol. The lowest BCUT2D eigenvalue weighted by Crippen LogP contribution is -2.51. The molecule has 0 radical (unpaired) electrons. The van der Waals surface area contributed by atoms with E-state index in [2.05, 4.69) is 26.7 Å². The number of benzene rings is 2. The Morgan fingerprint density at radius 1 is 0.763 bits per heavy atom. The number of carbonyl (C=O) groups excluding carboxylic acids is 4. The molecular formula is C43H50N8O8. The number of furan rings is 1. The Morgan fingerprint density at radius 2 is 1.29 bits per heavy atom. The van der Waals surface area contributed by atoms with Gasteiger partial charge in [-0.3, -0.25) is 9.59 Å². The fourth-order valence-electron chi connectivity index (χ4n) is 8.51. The molecule has 1 unspecified atom stereocenters. The highest BCUT2D eigenvalue weighted by Gasteiger charge is 2.39. The lowest BCUT2D eigenvalue weighted by atomic mass is 9.99. The summed E-state index contributed by atoms with van der Waals surface area (Å²) in [6, 6.07) is 10.1. The monoisotopic (exact) mass is 806 g/mol. The number of H-pyrrole nitrogens is 2. The standard InChI is InChI=1S/C43H50N8O8/c1-22(2)35(48-42(54)56-5)40(52)50-15-7-9-31(50)38-44-19-29(46-38)24-12-14-33-27(17-24)28-21-58-34-18-25(11-13-26(34)37(28)59-33)30-20-45-39(47-30)32-10-8-16-51(32)41(53)36(23(3)4)49-43(55)57-6/h11-14,17-20,22-23,31-32,35-36H,7-10,15-16,21H2,1-6H3,(H,44,46)(H,45,47)(H,48,54)(H,49,55)/t31-,32-,35?,36-/m0/s1. The van der Waals surface area contributed by atoms with Crippen molar-refractivity contribution in [2.24, 2.45) is 11.8 Å². The van der Waals surface area contributed by atoms with Gasteiger partial charge in [0.25, 0.3) is 0 Å². The Bertz CT molecular complexity index is 2400. The van der Waals surface area contributed by atoms with E-state index in [1.807, 2.05) is 58.0 Å². The molecule has 2 saturated heterocycles. The van der Waals surface area contributed by atoms with Gasteiger partial charge >= 0.3 is 12.2 Å². The van der Waals surface area contributed by atoms with Gasteiger partial charge in [0, 0.05) is 35.2 Å². The molecule has 3 aliphatic heterocycles. The number of amides is 4. The van der Waals surface area contributed by atoms with Crippen molar-refractivity contribution in [3.8, 4) is 39.6 Å². The van der Waals surface area contributed by atoms with Crippen molar-refractivity contribution in [3.63, 3.8) is 0 Å². The molecule has 0 aliphatic carbocycles. The van der Waals surface area contributed by atoms with Gasteiger partial charge in [0.1, 0.15) is 47.4 Å². The number of nitrogens with zero attached hydrogens (tertiary/aromatic N) is 4. The molecule has 5 aromatic rings. The van der Waals surface area contributed by atoms with E-state index in [0.29, 0.717) is 37.1 Å². The van der Waals surface area contributed by atoms with Gasteiger partial charge in [-0.2, -0.15) is 0 Å². The number of carbonyl (C=O) groups is 4. The van der Waals surface area contributed by atoms with Crippen molar-refractivity contribution >= 4 is 35.0 Å². The average molecular weight is 807 g/mol. The Balaban J connectivity index is 0.995. The number of nitrogens with one attached hydrogen (secondary N) is 4. The van der Waals surface area contributed by atoms with Gasteiger partial charge in [-0.15, -0.1) is 0 Å². The second kappa shape index (κ2) is 16.1.